The van der Waals surface area contributed by atoms with Crippen LogP contribution in [0.2, 0.25) is 0 Å². The molecular formula is C27H16N2O2. The Hall–Kier alpha value is -4.67. The number of hydrogen-bond acceptors (Lipinski definition) is 4. The highest BCUT2D eigenvalue weighted by atomic mass is 16.5. The van der Waals surface area contributed by atoms with Crippen molar-refractivity contribution in [1.82, 2.24) is 0 Å². The molecule has 146 valence electrons. The average Bonchev–Trinajstić information content (AvgIpc) is 2.82. The molecule has 0 saturated heterocycles. The van der Waals surface area contributed by atoms with E-state index in [0.717, 1.165) is 16.3 Å². The van der Waals surface area contributed by atoms with Crippen molar-refractivity contribution < 1.29 is 9.53 Å². The zero-order chi connectivity index (χ0) is 21.6. The first-order valence-corrected chi connectivity index (χ1v) is 9.60. The molecule has 0 atom stereocenters. The number of rotatable bonds is 5. The Labute approximate surface area is 179 Å². The van der Waals surface area contributed by atoms with Gasteiger partial charge in [-0.15, -0.1) is 0 Å². The average molecular weight is 400 g/mol. The number of hydrogen-bond donors (Lipinski definition) is 0. The lowest BCUT2D eigenvalue weighted by molar-refractivity contribution is 0.104. The molecule has 0 aliphatic carbocycles. The minimum atomic E-state index is -0.107. The van der Waals surface area contributed by atoms with Crippen LogP contribution in [0.1, 0.15) is 27.0 Å². The van der Waals surface area contributed by atoms with Crippen LogP contribution in [0.15, 0.2) is 91.0 Å². The summed E-state index contributed by atoms with van der Waals surface area (Å²) in [5, 5.41) is 20.4. The second-order valence-electron chi connectivity index (χ2n) is 6.82. The highest BCUT2D eigenvalue weighted by Crippen LogP contribution is 2.25. The summed E-state index contributed by atoms with van der Waals surface area (Å²) in [5.41, 5.74) is 2.08. The number of nitriles is 2. The molecule has 0 heterocycles. The van der Waals surface area contributed by atoms with Crippen LogP contribution in [-0.4, -0.2) is 5.78 Å². The molecule has 0 unspecified atom stereocenters. The van der Waals surface area contributed by atoms with E-state index in [9.17, 15) is 4.79 Å². The Morgan fingerprint density at radius 3 is 2.26 bits per heavy atom. The fourth-order valence-corrected chi connectivity index (χ4v) is 3.26. The maximum atomic E-state index is 12.6. The zero-order valence-electron chi connectivity index (χ0n) is 16.4. The number of ether oxygens (including phenoxy) is 1. The van der Waals surface area contributed by atoms with Crippen LogP contribution >= 0.6 is 0 Å². The van der Waals surface area contributed by atoms with Gasteiger partial charge in [-0.2, -0.15) is 10.5 Å². The van der Waals surface area contributed by atoms with Crippen molar-refractivity contribution in [1.29, 1.82) is 10.5 Å². The summed E-state index contributed by atoms with van der Waals surface area (Å²) >= 11 is 0. The number of fused-ring (bicyclic) bond motifs is 1. The molecule has 0 aromatic heterocycles. The summed E-state index contributed by atoms with van der Waals surface area (Å²) in [6.07, 6.45) is 3.40. The van der Waals surface area contributed by atoms with E-state index in [-0.39, 0.29) is 11.3 Å². The zero-order valence-corrected chi connectivity index (χ0v) is 16.4. The van der Waals surface area contributed by atoms with Crippen molar-refractivity contribution in [3.05, 3.63) is 113 Å². The molecule has 0 amide bonds. The molecule has 0 aliphatic heterocycles. The summed E-state index contributed by atoms with van der Waals surface area (Å²) in [7, 11) is 0. The van der Waals surface area contributed by atoms with Crippen LogP contribution in [0, 0.1) is 22.7 Å². The summed E-state index contributed by atoms with van der Waals surface area (Å²) < 4.78 is 5.74. The predicted molar refractivity (Wildman–Crippen MR) is 120 cm³/mol. The van der Waals surface area contributed by atoms with Crippen molar-refractivity contribution in [2.24, 2.45) is 0 Å². The maximum absolute atomic E-state index is 12.6. The fraction of sp³-hybridized carbons (Fsp3) is 0. The molecule has 31 heavy (non-hydrogen) atoms. The van der Waals surface area contributed by atoms with Crippen molar-refractivity contribution >= 4 is 22.6 Å². The van der Waals surface area contributed by atoms with E-state index in [2.05, 4.69) is 0 Å². The van der Waals surface area contributed by atoms with Gasteiger partial charge in [0.15, 0.2) is 5.78 Å². The molecule has 0 N–H and O–H groups in total. The van der Waals surface area contributed by atoms with Crippen molar-refractivity contribution in [3.63, 3.8) is 0 Å². The van der Waals surface area contributed by atoms with Gasteiger partial charge < -0.3 is 4.74 Å². The molecule has 0 bridgehead atoms. The van der Waals surface area contributed by atoms with E-state index in [1.807, 2.05) is 60.7 Å². The summed E-state index contributed by atoms with van der Waals surface area (Å²) in [4.78, 5) is 12.6. The highest BCUT2D eigenvalue weighted by Gasteiger charge is 2.07. The van der Waals surface area contributed by atoms with Gasteiger partial charge in [-0.3, -0.25) is 4.79 Å². The largest absolute Gasteiger partial charge is 0.457 e. The normalized spacial score (nSPS) is 10.5. The standard InChI is InChI=1S/C27H16N2O2/c28-17-22-10-14-25(16-23(22)18-29)31-24-12-8-21(9-13-24)27(30)15-11-20-6-3-5-19-4-1-2-7-26(19)20/h1-16H/b15-11+. The van der Waals surface area contributed by atoms with Crippen molar-refractivity contribution in [3.8, 4) is 23.6 Å². The second kappa shape index (κ2) is 8.78. The topological polar surface area (TPSA) is 73.9 Å². The molecule has 0 spiro atoms. The van der Waals surface area contributed by atoms with Crippen LogP contribution in [0.4, 0.5) is 0 Å². The lowest BCUT2D eigenvalue weighted by atomic mass is 10.0. The third-order valence-electron chi connectivity index (χ3n) is 4.84. The lowest BCUT2D eigenvalue weighted by Crippen LogP contribution is -1.94. The van der Waals surface area contributed by atoms with E-state index in [1.165, 1.54) is 6.07 Å². The molecule has 0 fully saturated rings. The quantitative estimate of drug-likeness (QED) is 0.292. The Morgan fingerprint density at radius 1 is 0.774 bits per heavy atom. The highest BCUT2D eigenvalue weighted by molar-refractivity contribution is 6.07. The number of nitrogens with zero attached hydrogens (tertiary/aromatic N) is 2. The van der Waals surface area contributed by atoms with Crippen LogP contribution in [0.5, 0.6) is 11.5 Å². The molecular weight excluding hydrogens is 384 g/mol. The summed E-state index contributed by atoms with van der Waals surface area (Å²) in [6, 6.07) is 29.5. The Bertz CT molecular complexity index is 1380. The maximum Gasteiger partial charge on any atom is 0.185 e. The fourth-order valence-electron chi connectivity index (χ4n) is 3.26. The second-order valence-corrected chi connectivity index (χ2v) is 6.82. The van der Waals surface area contributed by atoms with E-state index in [1.54, 1.807) is 42.5 Å². The van der Waals surface area contributed by atoms with E-state index in [4.69, 9.17) is 15.3 Å². The van der Waals surface area contributed by atoms with E-state index < -0.39 is 0 Å². The van der Waals surface area contributed by atoms with Crippen LogP contribution in [-0.2, 0) is 0 Å². The number of benzene rings is 4. The van der Waals surface area contributed by atoms with Gasteiger partial charge in [-0.25, -0.2) is 0 Å². The van der Waals surface area contributed by atoms with Gasteiger partial charge >= 0.3 is 0 Å². The minimum absolute atomic E-state index is 0.107. The first kappa shape index (κ1) is 19.6. The molecule has 0 saturated carbocycles. The monoisotopic (exact) mass is 400 g/mol. The molecule has 0 radical (unpaired) electrons. The van der Waals surface area contributed by atoms with Crippen molar-refractivity contribution in [2.75, 3.05) is 0 Å². The molecule has 4 rings (SSSR count). The van der Waals surface area contributed by atoms with Gasteiger partial charge in [0, 0.05) is 5.56 Å². The van der Waals surface area contributed by atoms with Gasteiger partial charge in [0.1, 0.15) is 23.6 Å². The van der Waals surface area contributed by atoms with Crippen LogP contribution < -0.4 is 4.74 Å². The smallest absolute Gasteiger partial charge is 0.185 e. The molecule has 4 aromatic rings. The molecule has 4 aromatic carbocycles. The minimum Gasteiger partial charge on any atom is -0.457 e. The number of allylic oxidation sites excluding steroid dienone is 1. The third kappa shape index (κ3) is 4.34. The summed E-state index contributed by atoms with van der Waals surface area (Å²) in [5.74, 6) is 0.873. The SMILES string of the molecule is N#Cc1ccc(Oc2ccc(C(=O)/C=C/c3cccc4ccccc34)cc2)cc1C#N. The van der Waals surface area contributed by atoms with Crippen LogP contribution in [0.25, 0.3) is 16.8 Å². The predicted octanol–water partition coefficient (Wildman–Crippen LogP) is 6.27. The summed E-state index contributed by atoms with van der Waals surface area (Å²) in [6.45, 7) is 0. The van der Waals surface area contributed by atoms with Gasteiger partial charge in [0.25, 0.3) is 0 Å². The van der Waals surface area contributed by atoms with E-state index >= 15 is 0 Å². The van der Waals surface area contributed by atoms with Crippen molar-refractivity contribution in [2.45, 2.75) is 0 Å². The third-order valence-corrected chi connectivity index (χ3v) is 4.84. The first-order chi connectivity index (χ1) is 15.2. The molecule has 4 heteroatoms. The van der Waals surface area contributed by atoms with Crippen LogP contribution in [0.3, 0.4) is 0 Å². The lowest BCUT2D eigenvalue weighted by Gasteiger charge is -2.07. The Kier molecular flexibility index (Phi) is 5.56. The van der Waals surface area contributed by atoms with Gasteiger partial charge in [-0.1, -0.05) is 48.5 Å². The number of carbonyl (C=O) groups is 1. The number of carbonyl (C=O) groups excluding carboxylic acids is 1. The van der Waals surface area contributed by atoms with Gasteiger partial charge in [0.2, 0.25) is 0 Å². The van der Waals surface area contributed by atoms with Gasteiger partial charge in [-0.05, 0) is 64.9 Å². The molecule has 4 nitrogen and oxygen atoms in total. The first-order valence-electron chi connectivity index (χ1n) is 9.60. The molecule has 0 aliphatic rings. The van der Waals surface area contributed by atoms with Gasteiger partial charge in [0.05, 0.1) is 11.1 Å². The Balaban J connectivity index is 1.49. The van der Waals surface area contributed by atoms with E-state index in [0.29, 0.717) is 22.6 Å². The number of ketones is 1. The Morgan fingerprint density at radius 2 is 1.48 bits per heavy atom.